The summed E-state index contributed by atoms with van der Waals surface area (Å²) < 4.78 is 69.2. The van der Waals surface area contributed by atoms with Crippen molar-refractivity contribution >= 4 is 15.9 Å². The minimum absolute atomic E-state index is 0.0143. The van der Waals surface area contributed by atoms with Crippen LogP contribution in [0.3, 0.4) is 0 Å². The van der Waals surface area contributed by atoms with E-state index in [0.29, 0.717) is 17.8 Å². The first-order valence-corrected chi connectivity index (χ1v) is 10.6. The zero-order valence-corrected chi connectivity index (χ0v) is 17.2. The van der Waals surface area contributed by atoms with Gasteiger partial charge in [-0.25, -0.2) is 8.42 Å². The van der Waals surface area contributed by atoms with Crippen LogP contribution in [-0.4, -0.2) is 66.3 Å². The Morgan fingerprint density at radius 1 is 1.13 bits per heavy atom. The van der Waals surface area contributed by atoms with Gasteiger partial charge in [0, 0.05) is 26.2 Å². The monoisotopic (exact) mass is 446 g/mol. The number of H-pyrrole nitrogens is 1. The SMILES string of the molecule is Cc1n[nH]c(C)c1S(=O)(=O)N1CCCN(C(=O)c2ccccc2OC(F)(F)F)CC1. The average Bonchev–Trinajstić information content (AvgIpc) is 2.86. The molecule has 2 aromatic rings. The summed E-state index contributed by atoms with van der Waals surface area (Å²) in [6.45, 7) is 3.62. The summed E-state index contributed by atoms with van der Waals surface area (Å²) in [7, 11) is -3.82. The smallest absolute Gasteiger partial charge is 0.405 e. The first kappa shape index (κ1) is 22.1. The number of carbonyl (C=O) groups excluding carboxylic acids is 1. The van der Waals surface area contributed by atoms with Gasteiger partial charge in [-0.2, -0.15) is 9.40 Å². The summed E-state index contributed by atoms with van der Waals surface area (Å²) in [4.78, 5) is 14.3. The summed E-state index contributed by atoms with van der Waals surface area (Å²) in [6.07, 6.45) is -4.59. The van der Waals surface area contributed by atoms with Gasteiger partial charge in [0.05, 0.1) is 17.0 Å². The molecule has 0 atom stereocenters. The lowest BCUT2D eigenvalue weighted by atomic mass is 10.1. The Morgan fingerprint density at radius 2 is 1.83 bits per heavy atom. The van der Waals surface area contributed by atoms with E-state index in [9.17, 15) is 26.4 Å². The number of nitrogens with zero attached hydrogens (tertiary/aromatic N) is 3. The Hall–Kier alpha value is -2.60. The lowest BCUT2D eigenvalue weighted by molar-refractivity contribution is -0.274. The molecule has 0 aliphatic carbocycles. The van der Waals surface area contributed by atoms with E-state index in [-0.39, 0.29) is 36.6 Å². The Kier molecular flexibility index (Phi) is 6.09. The van der Waals surface area contributed by atoms with Gasteiger partial charge in [-0.05, 0) is 32.4 Å². The zero-order valence-electron chi connectivity index (χ0n) is 16.4. The molecule has 1 aromatic heterocycles. The molecule has 1 fully saturated rings. The van der Waals surface area contributed by atoms with Crippen LogP contribution in [0.5, 0.6) is 5.75 Å². The van der Waals surface area contributed by atoms with E-state index in [1.165, 1.54) is 27.4 Å². The molecule has 30 heavy (non-hydrogen) atoms. The van der Waals surface area contributed by atoms with Crippen molar-refractivity contribution in [2.45, 2.75) is 31.5 Å². The zero-order chi connectivity index (χ0) is 22.1. The molecule has 0 radical (unpaired) electrons. The molecular weight excluding hydrogens is 425 g/mol. The predicted octanol–water partition coefficient (Wildman–Crippen LogP) is 2.46. The molecule has 0 spiro atoms. The molecule has 1 amide bonds. The molecule has 3 rings (SSSR count). The molecule has 12 heteroatoms. The fraction of sp³-hybridized carbons (Fsp3) is 0.444. The average molecular weight is 446 g/mol. The summed E-state index contributed by atoms with van der Waals surface area (Å²) in [5.74, 6) is -1.24. The number of nitrogens with one attached hydrogen (secondary N) is 1. The van der Waals surface area contributed by atoms with Crippen LogP contribution >= 0.6 is 0 Å². The van der Waals surface area contributed by atoms with Crippen LogP contribution in [-0.2, 0) is 10.0 Å². The third kappa shape index (κ3) is 4.59. The van der Waals surface area contributed by atoms with Gasteiger partial charge in [-0.1, -0.05) is 12.1 Å². The highest BCUT2D eigenvalue weighted by Crippen LogP contribution is 2.28. The number of alkyl halides is 3. The maximum absolute atomic E-state index is 13.0. The molecule has 0 unspecified atom stereocenters. The van der Waals surface area contributed by atoms with Crippen LogP contribution in [0.2, 0.25) is 0 Å². The Bertz CT molecular complexity index is 1020. The number of benzene rings is 1. The molecule has 1 aliphatic rings. The fourth-order valence-corrected chi connectivity index (χ4v) is 5.22. The van der Waals surface area contributed by atoms with Crippen molar-refractivity contribution in [3.8, 4) is 5.75 Å². The van der Waals surface area contributed by atoms with Crippen LogP contribution < -0.4 is 4.74 Å². The van der Waals surface area contributed by atoms with Crippen LogP contribution in [0.15, 0.2) is 29.2 Å². The van der Waals surface area contributed by atoms with E-state index in [0.717, 1.165) is 6.07 Å². The summed E-state index contributed by atoms with van der Waals surface area (Å²) in [5, 5.41) is 6.57. The maximum atomic E-state index is 13.0. The topological polar surface area (TPSA) is 95.6 Å². The van der Waals surface area contributed by atoms with Crippen molar-refractivity contribution in [2.24, 2.45) is 0 Å². The minimum Gasteiger partial charge on any atom is -0.405 e. The van der Waals surface area contributed by atoms with E-state index in [1.54, 1.807) is 13.8 Å². The number of aromatic nitrogens is 2. The third-order valence-corrected chi connectivity index (χ3v) is 6.91. The largest absolute Gasteiger partial charge is 0.573 e. The fourth-order valence-electron chi connectivity index (χ4n) is 3.41. The van der Waals surface area contributed by atoms with Gasteiger partial charge in [0.1, 0.15) is 10.6 Å². The number of sulfonamides is 1. The Labute approximate surface area is 171 Å². The van der Waals surface area contributed by atoms with E-state index in [1.807, 2.05) is 0 Å². The second-order valence-electron chi connectivity index (χ2n) is 6.86. The number of rotatable bonds is 4. The van der Waals surface area contributed by atoms with Crippen molar-refractivity contribution in [1.29, 1.82) is 0 Å². The number of amides is 1. The first-order chi connectivity index (χ1) is 14.0. The Balaban J connectivity index is 1.79. The van der Waals surface area contributed by atoms with Crippen LogP contribution in [0, 0.1) is 13.8 Å². The maximum Gasteiger partial charge on any atom is 0.573 e. The van der Waals surface area contributed by atoms with Gasteiger partial charge in [-0.3, -0.25) is 9.89 Å². The molecule has 164 valence electrons. The number of carbonyl (C=O) groups is 1. The van der Waals surface area contributed by atoms with Crippen LogP contribution in [0.1, 0.15) is 28.2 Å². The quantitative estimate of drug-likeness (QED) is 0.779. The van der Waals surface area contributed by atoms with Gasteiger partial charge in [-0.15, -0.1) is 13.2 Å². The summed E-state index contributed by atoms with van der Waals surface area (Å²) >= 11 is 0. The lowest BCUT2D eigenvalue weighted by Crippen LogP contribution is -2.37. The highest BCUT2D eigenvalue weighted by Gasteiger charge is 2.35. The van der Waals surface area contributed by atoms with Crippen LogP contribution in [0.4, 0.5) is 13.2 Å². The molecule has 1 aromatic carbocycles. The number of para-hydroxylation sites is 1. The van der Waals surface area contributed by atoms with Crippen molar-refractivity contribution in [1.82, 2.24) is 19.4 Å². The predicted molar refractivity (Wildman–Crippen MR) is 100 cm³/mol. The minimum atomic E-state index is -4.93. The molecule has 0 bridgehead atoms. The number of ether oxygens (including phenoxy) is 1. The highest BCUT2D eigenvalue weighted by atomic mass is 32.2. The molecule has 1 N–H and O–H groups in total. The Morgan fingerprint density at radius 3 is 2.47 bits per heavy atom. The third-order valence-electron chi connectivity index (χ3n) is 4.74. The number of hydrogen-bond donors (Lipinski definition) is 1. The number of hydrogen-bond acceptors (Lipinski definition) is 5. The molecule has 1 aliphatic heterocycles. The van der Waals surface area contributed by atoms with Crippen molar-refractivity contribution in [2.75, 3.05) is 26.2 Å². The number of aromatic amines is 1. The van der Waals surface area contributed by atoms with Gasteiger partial charge < -0.3 is 9.64 Å². The van der Waals surface area contributed by atoms with Crippen LogP contribution in [0.25, 0.3) is 0 Å². The molecule has 8 nitrogen and oxygen atoms in total. The van der Waals surface area contributed by atoms with E-state index in [2.05, 4.69) is 14.9 Å². The number of halogens is 3. The van der Waals surface area contributed by atoms with E-state index >= 15 is 0 Å². The van der Waals surface area contributed by atoms with Gasteiger partial charge in [0.2, 0.25) is 10.0 Å². The molecule has 0 saturated carbocycles. The van der Waals surface area contributed by atoms with Gasteiger partial charge >= 0.3 is 6.36 Å². The van der Waals surface area contributed by atoms with Crippen molar-refractivity contribution in [3.63, 3.8) is 0 Å². The molecular formula is C18H21F3N4O4S. The van der Waals surface area contributed by atoms with Gasteiger partial charge in [0.25, 0.3) is 5.91 Å². The van der Waals surface area contributed by atoms with E-state index in [4.69, 9.17) is 0 Å². The molecule has 1 saturated heterocycles. The number of aryl methyl sites for hydroxylation is 2. The second kappa shape index (κ2) is 8.26. The standard InChI is InChI=1S/C18H21F3N4O4S/c1-12-16(13(2)23-22-12)30(27,28)25-9-5-8-24(10-11-25)17(26)14-6-3-4-7-15(14)29-18(19,20)21/h3-4,6-7H,5,8-11H2,1-2H3,(H,22,23). The van der Waals surface area contributed by atoms with Crippen molar-refractivity contribution < 1.29 is 31.1 Å². The molecule has 2 heterocycles. The second-order valence-corrected chi connectivity index (χ2v) is 8.73. The normalized spacial score (nSPS) is 16.4. The van der Waals surface area contributed by atoms with Crippen molar-refractivity contribution in [3.05, 3.63) is 41.2 Å². The van der Waals surface area contributed by atoms with Gasteiger partial charge in [0.15, 0.2) is 0 Å². The summed E-state index contributed by atoms with van der Waals surface area (Å²) in [5.41, 5.74) is 0.540. The first-order valence-electron chi connectivity index (χ1n) is 9.16. The summed E-state index contributed by atoms with van der Waals surface area (Å²) in [6, 6.07) is 5.10. The van der Waals surface area contributed by atoms with E-state index < -0.39 is 28.0 Å². The highest BCUT2D eigenvalue weighted by molar-refractivity contribution is 7.89. The lowest BCUT2D eigenvalue weighted by Gasteiger charge is -2.23.